The zero-order valence-corrected chi connectivity index (χ0v) is 13.3. The molecular formula is C16H28N2O3. The van der Waals surface area contributed by atoms with Crippen LogP contribution in [-0.2, 0) is 9.59 Å². The molecule has 0 radical (unpaired) electrons. The largest absolute Gasteiger partial charge is 0.481 e. The molecule has 0 spiro atoms. The zero-order valence-electron chi connectivity index (χ0n) is 13.3. The van der Waals surface area contributed by atoms with Gasteiger partial charge >= 0.3 is 5.97 Å². The second-order valence-electron chi connectivity index (χ2n) is 7.46. The van der Waals surface area contributed by atoms with Gasteiger partial charge in [0.25, 0.3) is 0 Å². The standard InChI is InChI=1S/C16H28N2O3/c1-9-13(17)7-6-12(16(9,2)3)14(19)18-11-5-4-10(8-11)15(20)21/h9-13H,4-8,17H2,1-3H3,(H,18,19)(H,20,21)/t9?,10-,11+,12?,13?/m1/s1. The highest BCUT2D eigenvalue weighted by Gasteiger charge is 2.45. The van der Waals surface area contributed by atoms with Gasteiger partial charge in [-0.05, 0) is 43.4 Å². The molecule has 0 aromatic carbocycles. The Hall–Kier alpha value is -1.10. The van der Waals surface area contributed by atoms with E-state index < -0.39 is 5.97 Å². The van der Waals surface area contributed by atoms with Gasteiger partial charge in [0.2, 0.25) is 5.91 Å². The summed E-state index contributed by atoms with van der Waals surface area (Å²) in [5.74, 6) is -0.699. The van der Waals surface area contributed by atoms with Gasteiger partial charge in [0.1, 0.15) is 0 Å². The lowest BCUT2D eigenvalue weighted by molar-refractivity contribution is -0.141. The fourth-order valence-corrected chi connectivity index (χ4v) is 3.96. The molecule has 2 fully saturated rings. The van der Waals surface area contributed by atoms with E-state index in [4.69, 9.17) is 10.8 Å². The number of carbonyl (C=O) groups is 2. The SMILES string of the molecule is CC1C(N)CCC(C(=O)N[C@H]2CC[C@@H](C(=O)O)C2)C1(C)C. The monoisotopic (exact) mass is 296 g/mol. The van der Waals surface area contributed by atoms with Gasteiger partial charge in [-0.15, -0.1) is 0 Å². The highest BCUT2D eigenvalue weighted by atomic mass is 16.4. The first-order chi connectivity index (χ1) is 9.73. The van der Waals surface area contributed by atoms with E-state index in [1.165, 1.54) is 0 Å². The van der Waals surface area contributed by atoms with Crippen LogP contribution in [0.4, 0.5) is 0 Å². The van der Waals surface area contributed by atoms with Crippen molar-refractivity contribution < 1.29 is 14.7 Å². The second-order valence-corrected chi connectivity index (χ2v) is 7.46. The van der Waals surface area contributed by atoms with E-state index in [1.807, 2.05) is 0 Å². The van der Waals surface area contributed by atoms with E-state index in [9.17, 15) is 9.59 Å². The summed E-state index contributed by atoms with van der Waals surface area (Å²) in [6.07, 6.45) is 3.69. The van der Waals surface area contributed by atoms with Crippen LogP contribution in [-0.4, -0.2) is 29.1 Å². The number of hydrogen-bond acceptors (Lipinski definition) is 3. The van der Waals surface area contributed by atoms with Crippen molar-refractivity contribution in [3.05, 3.63) is 0 Å². The molecule has 0 saturated heterocycles. The number of carbonyl (C=O) groups excluding carboxylic acids is 1. The molecule has 3 unspecified atom stereocenters. The summed E-state index contributed by atoms with van der Waals surface area (Å²) in [6.45, 7) is 6.37. The molecule has 120 valence electrons. The molecule has 5 nitrogen and oxygen atoms in total. The average Bonchev–Trinajstić information content (AvgIpc) is 2.84. The number of amides is 1. The third kappa shape index (κ3) is 3.23. The van der Waals surface area contributed by atoms with Crippen molar-refractivity contribution in [2.45, 2.75) is 65.0 Å². The first-order valence-electron chi connectivity index (χ1n) is 8.02. The van der Waals surface area contributed by atoms with Gasteiger partial charge in [0, 0.05) is 18.0 Å². The second kappa shape index (κ2) is 5.95. The fraction of sp³-hybridized carbons (Fsp3) is 0.875. The third-order valence-electron chi connectivity index (χ3n) is 5.95. The van der Waals surface area contributed by atoms with Crippen LogP contribution in [0, 0.1) is 23.2 Å². The van der Waals surface area contributed by atoms with Crippen molar-refractivity contribution in [1.82, 2.24) is 5.32 Å². The van der Waals surface area contributed by atoms with Gasteiger partial charge in [-0.25, -0.2) is 0 Å². The van der Waals surface area contributed by atoms with Crippen LogP contribution in [0.15, 0.2) is 0 Å². The Morgan fingerprint density at radius 1 is 1.19 bits per heavy atom. The summed E-state index contributed by atoms with van der Waals surface area (Å²) in [5.41, 5.74) is 6.02. The molecule has 2 rings (SSSR count). The maximum absolute atomic E-state index is 12.6. The normalized spacial score (nSPS) is 39.0. The van der Waals surface area contributed by atoms with Crippen LogP contribution in [0.25, 0.3) is 0 Å². The van der Waals surface area contributed by atoms with Gasteiger partial charge in [-0.1, -0.05) is 20.8 Å². The smallest absolute Gasteiger partial charge is 0.306 e. The Morgan fingerprint density at radius 2 is 1.86 bits per heavy atom. The van der Waals surface area contributed by atoms with Crippen LogP contribution < -0.4 is 11.1 Å². The average molecular weight is 296 g/mol. The van der Waals surface area contributed by atoms with Crippen molar-refractivity contribution in [3.63, 3.8) is 0 Å². The van der Waals surface area contributed by atoms with Gasteiger partial charge in [0.05, 0.1) is 5.92 Å². The van der Waals surface area contributed by atoms with Gasteiger partial charge in [-0.2, -0.15) is 0 Å². The van der Waals surface area contributed by atoms with Crippen molar-refractivity contribution in [2.24, 2.45) is 28.9 Å². The number of hydrogen-bond donors (Lipinski definition) is 3. The lowest BCUT2D eigenvalue weighted by Gasteiger charge is -2.46. The first kappa shape index (κ1) is 16.3. The minimum absolute atomic E-state index is 0.0142. The van der Waals surface area contributed by atoms with E-state index in [-0.39, 0.29) is 35.2 Å². The summed E-state index contributed by atoms with van der Waals surface area (Å²) in [7, 11) is 0. The predicted octanol–water partition coefficient (Wildman–Crippen LogP) is 1.76. The molecule has 0 heterocycles. The van der Waals surface area contributed by atoms with Crippen LogP contribution in [0.3, 0.4) is 0 Å². The van der Waals surface area contributed by atoms with Crippen molar-refractivity contribution >= 4 is 11.9 Å². The minimum Gasteiger partial charge on any atom is -0.481 e. The third-order valence-corrected chi connectivity index (χ3v) is 5.95. The summed E-state index contributed by atoms with van der Waals surface area (Å²) >= 11 is 0. The number of carboxylic acid groups (broad SMARTS) is 1. The maximum atomic E-state index is 12.6. The molecule has 5 atom stereocenters. The molecule has 2 saturated carbocycles. The Bertz CT molecular complexity index is 422. The van der Waals surface area contributed by atoms with Crippen LogP contribution in [0.1, 0.15) is 52.9 Å². The molecule has 2 aliphatic carbocycles. The van der Waals surface area contributed by atoms with Crippen molar-refractivity contribution in [3.8, 4) is 0 Å². The molecular weight excluding hydrogens is 268 g/mol. The number of rotatable bonds is 3. The molecule has 0 aliphatic heterocycles. The van der Waals surface area contributed by atoms with Gasteiger partial charge < -0.3 is 16.2 Å². The highest BCUT2D eigenvalue weighted by Crippen LogP contribution is 2.44. The molecule has 1 amide bonds. The molecule has 4 N–H and O–H groups in total. The summed E-state index contributed by atoms with van der Waals surface area (Å²) in [4.78, 5) is 23.6. The van der Waals surface area contributed by atoms with Crippen molar-refractivity contribution in [1.29, 1.82) is 0 Å². The summed E-state index contributed by atoms with van der Waals surface area (Å²) in [6, 6.07) is 0.173. The lowest BCUT2D eigenvalue weighted by atomic mass is 9.61. The minimum atomic E-state index is -0.746. The molecule has 0 aromatic rings. The van der Waals surface area contributed by atoms with Gasteiger partial charge in [-0.3, -0.25) is 9.59 Å². The number of aliphatic carboxylic acids is 1. The molecule has 0 bridgehead atoms. The summed E-state index contributed by atoms with van der Waals surface area (Å²) in [5, 5.41) is 12.1. The topological polar surface area (TPSA) is 92.4 Å². The maximum Gasteiger partial charge on any atom is 0.306 e. The zero-order chi connectivity index (χ0) is 15.8. The Morgan fingerprint density at radius 3 is 2.43 bits per heavy atom. The lowest BCUT2D eigenvalue weighted by Crippen LogP contribution is -2.52. The quantitative estimate of drug-likeness (QED) is 0.740. The number of carboxylic acids is 1. The van der Waals surface area contributed by atoms with E-state index >= 15 is 0 Å². The van der Waals surface area contributed by atoms with Crippen LogP contribution in [0.5, 0.6) is 0 Å². The summed E-state index contributed by atoms with van der Waals surface area (Å²) < 4.78 is 0. The Labute approximate surface area is 126 Å². The number of nitrogens with two attached hydrogens (primary N) is 1. The van der Waals surface area contributed by atoms with E-state index in [0.29, 0.717) is 18.8 Å². The fourth-order valence-electron chi connectivity index (χ4n) is 3.96. The van der Waals surface area contributed by atoms with Crippen LogP contribution >= 0.6 is 0 Å². The highest BCUT2D eigenvalue weighted by molar-refractivity contribution is 5.80. The molecule has 0 aromatic heterocycles. The first-order valence-corrected chi connectivity index (χ1v) is 8.02. The molecule has 2 aliphatic rings. The Balaban J connectivity index is 1.96. The van der Waals surface area contributed by atoms with E-state index in [1.54, 1.807) is 0 Å². The van der Waals surface area contributed by atoms with Crippen LogP contribution in [0.2, 0.25) is 0 Å². The van der Waals surface area contributed by atoms with E-state index in [2.05, 4.69) is 26.1 Å². The van der Waals surface area contributed by atoms with E-state index in [0.717, 1.165) is 19.3 Å². The Kier molecular flexibility index (Phi) is 4.61. The molecule has 5 heteroatoms. The number of nitrogens with one attached hydrogen (secondary N) is 1. The predicted molar refractivity (Wildman–Crippen MR) is 80.6 cm³/mol. The molecule has 21 heavy (non-hydrogen) atoms. The van der Waals surface area contributed by atoms with Crippen molar-refractivity contribution in [2.75, 3.05) is 0 Å². The van der Waals surface area contributed by atoms with Gasteiger partial charge in [0.15, 0.2) is 0 Å².